The molecule has 2 rings (SSSR count). The van der Waals surface area contributed by atoms with Gasteiger partial charge in [-0.25, -0.2) is 9.37 Å². The van der Waals surface area contributed by atoms with Crippen molar-refractivity contribution in [2.24, 2.45) is 0 Å². The molecular formula is C14H14FN3O. The Kier molecular flexibility index (Phi) is 3.93. The number of aryl methyl sites for hydroxylation is 1. The minimum atomic E-state index is -0.351. The van der Waals surface area contributed by atoms with E-state index in [2.05, 4.69) is 10.3 Å². The maximum atomic E-state index is 13.2. The molecule has 0 aliphatic carbocycles. The predicted octanol–water partition coefficient (Wildman–Crippen LogP) is 2.84. The summed E-state index contributed by atoms with van der Waals surface area (Å²) < 4.78 is 18.6. The number of benzene rings is 1. The summed E-state index contributed by atoms with van der Waals surface area (Å²) in [5.41, 5.74) is 1.09. The number of aromatic nitrogens is 1. The Morgan fingerprint density at radius 2 is 2.32 bits per heavy atom. The third kappa shape index (κ3) is 3.18. The summed E-state index contributed by atoms with van der Waals surface area (Å²) in [5.74, 6) is 0.968. The summed E-state index contributed by atoms with van der Waals surface area (Å²) in [4.78, 5) is 4.12. The van der Waals surface area contributed by atoms with Crippen LogP contribution in [0, 0.1) is 24.1 Å². The largest absolute Gasteiger partial charge is 0.444 e. The van der Waals surface area contributed by atoms with E-state index in [9.17, 15) is 4.39 Å². The molecule has 5 heteroatoms. The molecule has 4 nitrogen and oxygen atoms in total. The molecule has 0 fully saturated rings. The van der Waals surface area contributed by atoms with Crippen molar-refractivity contribution in [1.29, 1.82) is 5.26 Å². The van der Waals surface area contributed by atoms with Crippen LogP contribution in [0.15, 0.2) is 28.8 Å². The Morgan fingerprint density at radius 1 is 1.53 bits per heavy atom. The molecule has 1 heterocycles. The molecule has 0 aliphatic rings. The van der Waals surface area contributed by atoms with Gasteiger partial charge in [-0.1, -0.05) is 0 Å². The van der Waals surface area contributed by atoms with Crippen molar-refractivity contribution in [2.75, 3.05) is 0 Å². The lowest BCUT2D eigenvalue weighted by Crippen LogP contribution is -2.19. The van der Waals surface area contributed by atoms with Crippen LogP contribution in [0.5, 0.6) is 0 Å². The highest BCUT2D eigenvalue weighted by Gasteiger charge is 2.12. The highest BCUT2D eigenvalue weighted by Crippen LogP contribution is 2.15. The topological polar surface area (TPSA) is 61.9 Å². The fraction of sp³-hybridized carbons (Fsp3) is 0.286. The minimum Gasteiger partial charge on any atom is -0.444 e. The van der Waals surface area contributed by atoms with E-state index in [0.717, 1.165) is 5.76 Å². The molecular weight excluding hydrogens is 245 g/mol. The first-order valence-electron chi connectivity index (χ1n) is 5.94. The summed E-state index contributed by atoms with van der Waals surface area (Å²) in [6.07, 6.45) is 1.65. The van der Waals surface area contributed by atoms with Gasteiger partial charge in [0.25, 0.3) is 0 Å². The van der Waals surface area contributed by atoms with Crippen molar-refractivity contribution in [3.8, 4) is 6.07 Å². The van der Waals surface area contributed by atoms with E-state index in [0.29, 0.717) is 23.6 Å². The summed E-state index contributed by atoms with van der Waals surface area (Å²) in [6, 6.07) is 6.06. The zero-order valence-electron chi connectivity index (χ0n) is 10.8. The molecule has 0 saturated carbocycles. The number of nitrogens with zero attached hydrogens (tertiary/aromatic N) is 2. The van der Waals surface area contributed by atoms with Crippen LogP contribution in [0.3, 0.4) is 0 Å². The number of halogens is 1. The van der Waals surface area contributed by atoms with Crippen molar-refractivity contribution in [3.63, 3.8) is 0 Å². The molecule has 0 saturated heterocycles. The second kappa shape index (κ2) is 5.63. The Bertz CT molecular complexity index is 615. The van der Waals surface area contributed by atoms with Crippen molar-refractivity contribution in [1.82, 2.24) is 10.3 Å². The van der Waals surface area contributed by atoms with Gasteiger partial charge in [0.15, 0.2) is 0 Å². The lowest BCUT2D eigenvalue weighted by molar-refractivity contribution is 0.402. The van der Waals surface area contributed by atoms with Crippen LogP contribution >= 0.6 is 0 Å². The van der Waals surface area contributed by atoms with E-state index in [4.69, 9.17) is 9.68 Å². The molecule has 0 aliphatic heterocycles. The van der Waals surface area contributed by atoms with E-state index in [1.165, 1.54) is 18.2 Å². The molecule has 1 aromatic carbocycles. The van der Waals surface area contributed by atoms with Gasteiger partial charge in [-0.3, -0.25) is 0 Å². The van der Waals surface area contributed by atoms with E-state index >= 15 is 0 Å². The van der Waals surface area contributed by atoms with Crippen LogP contribution in [0.1, 0.15) is 35.7 Å². The maximum absolute atomic E-state index is 13.2. The number of oxazole rings is 1. The Morgan fingerprint density at radius 3 is 2.95 bits per heavy atom. The van der Waals surface area contributed by atoms with Crippen molar-refractivity contribution in [3.05, 3.63) is 53.0 Å². The molecule has 1 N–H and O–H groups in total. The van der Waals surface area contributed by atoms with Gasteiger partial charge in [-0.15, -0.1) is 0 Å². The number of nitrogens with one attached hydrogen (secondary N) is 1. The van der Waals surface area contributed by atoms with Crippen LogP contribution < -0.4 is 5.32 Å². The van der Waals surface area contributed by atoms with E-state index in [1.807, 2.05) is 19.9 Å². The number of hydrogen-bond donors (Lipinski definition) is 1. The highest BCUT2D eigenvalue weighted by molar-refractivity contribution is 5.37. The molecule has 0 radical (unpaired) electrons. The molecule has 0 bridgehead atoms. The van der Waals surface area contributed by atoms with Crippen LogP contribution in [-0.2, 0) is 6.54 Å². The molecule has 0 amide bonds. The molecule has 2 aromatic rings. The first-order valence-corrected chi connectivity index (χ1v) is 5.94. The van der Waals surface area contributed by atoms with Gasteiger partial charge in [0.05, 0.1) is 23.9 Å². The van der Waals surface area contributed by atoms with Gasteiger partial charge >= 0.3 is 0 Å². The van der Waals surface area contributed by atoms with Gasteiger partial charge < -0.3 is 9.73 Å². The van der Waals surface area contributed by atoms with Gasteiger partial charge in [-0.2, -0.15) is 5.26 Å². The van der Waals surface area contributed by atoms with Crippen molar-refractivity contribution in [2.45, 2.75) is 26.4 Å². The Balaban J connectivity index is 2.06. The third-order valence-electron chi connectivity index (χ3n) is 2.80. The number of nitriles is 1. The summed E-state index contributed by atoms with van der Waals surface area (Å²) >= 11 is 0. The smallest absolute Gasteiger partial charge is 0.211 e. The van der Waals surface area contributed by atoms with Crippen LogP contribution in [-0.4, -0.2) is 4.98 Å². The maximum Gasteiger partial charge on any atom is 0.211 e. The van der Waals surface area contributed by atoms with Crippen LogP contribution in [0.25, 0.3) is 0 Å². The van der Waals surface area contributed by atoms with Gasteiger partial charge in [0.1, 0.15) is 11.6 Å². The minimum absolute atomic E-state index is 0.108. The van der Waals surface area contributed by atoms with Crippen LogP contribution in [0.4, 0.5) is 4.39 Å². The highest BCUT2D eigenvalue weighted by atomic mass is 19.1. The predicted molar refractivity (Wildman–Crippen MR) is 67.6 cm³/mol. The quantitative estimate of drug-likeness (QED) is 0.917. The van der Waals surface area contributed by atoms with E-state index in [1.54, 1.807) is 6.20 Å². The second-order valence-corrected chi connectivity index (χ2v) is 4.33. The normalized spacial score (nSPS) is 12.1. The first-order chi connectivity index (χ1) is 9.10. The van der Waals surface area contributed by atoms with Gasteiger partial charge in [0.2, 0.25) is 5.89 Å². The summed E-state index contributed by atoms with van der Waals surface area (Å²) in [5, 5.41) is 12.1. The van der Waals surface area contributed by atoms with Crippen molar-refractivity contribution >= 4 is 0 Å². The van der Waals surface area contributed by atoms with E-state index in [-0.39, 0.29) is 11.9 Å². The monoisotopic (exact) mass is 259 g/mol. The lowest BCUT2D eigenvalue weighted by Gasteiger charge is -2.11. The molecule has 1 aromatic heterocycles. The third-order valence-corrected chi connectivity index (χ3v) is 2.80. The average Bonchev–Trinajstić information content (AvgIpc) is 2.83. The van der Waals surface area contributed by atoms with Crippen molar-refractivity contribution < 1.29 is 8.81 Å². The zero-order valence-corrected chi connectivity index (χ0v) is 10.8. The second-order valence-electron chi connectivity index (χ2n) is 4.33. The first kappa shape index (κ1) is 13.2. The molecule has 19 heavy (non-hydrogen) atoms. The molecule has 0 spiro atoms. The van der Waals surface area contributed by atoms with Gasteiger partial charge in [0, 0.05) is 6.54 Å². The Hall–Kier alpha value is -2.19. The molecule has 1 atom stereocenters. The molecule has 1 unspecified atom stereocenters. The average molecular weight is 259 g/mol. The molecule has 98 valence electrons. The van der Waals surface area contributed by atoms with Gasteiger partial charge in [-0.05, 0) is 37.6 Å². The Labute approximate surface area is 110 Å². The van der Waals surface area contributed by atoms with E-state index < -0.39 is 0 Å². The number of rotatable bonds is 4. The van der Waals surface area contributed by atoms with Crippen LogP contribution in [0.2, 0.25) is 0 Å². The zero-order chi connectivity index (χ0) is 13.8. The summed E-state index contributed by atoms with van der Waals surface area (Å²) in [7, 11) is 0. The number of hydrogen-bond acceptors (Lipinski definition) is 4. The lowest BCUT2D eigenvalue weighted by atomic mass is 10.1. The SMILES string of the molecule is Cc1cnc(C(C)NCc2cc(F)ccc2C#N)o1. The standard InChI is InChI=1S/C14H14FN3O/c1-9-7-18-14(19-9)10(2)17-8-12-5-13(15)4-3-11(12)6-16/h3-5,7,10,17H,8H2,1-2H3. The fourth-order valence-electron chi connectivity index (χ4n) is 1.74. The summed E-state index contributed by atoms with van der Waals surface area (Å²) in [6.45, 7) is 4.10. The fourth-order valence-corrected chi connectivity index (χ4v) is 1.74.